The quantitative estimate of drug-likeness (QED) is 0.884. The maximum Gasteiger partial charge on any atom is 0.256 e. The molecule has 1 saturated carbocycles. The molecule has 1 fully saturated rings. The zero-order valence-corrected chi connectivity index (χ0v) is 12.2. The maximum atomic E-state index is 12.7. The third kappa shape index (κ3) is 2.33. The van der Waals surface area contributed by atoms with Crippen LogP contribution in [0.15, 0.2) is 30.5 Å². The largest absolute Gasteiger partial charge is 0.360 e. The van der Waals surface area contributed by atoms with Crippen molar-refractivity contribution in [1.29, 1.82) is 0 Å². The highest BCUT2D eigenvalue weighted by atomic mass is 16.2. The lowest BCUT2D eigenvalue weighted by atomic mass is 9.86. The first-order valence-electron chi connectivity index (χ1n) is 7.50. The van der Waals surface area contributed by atoms with E-state index in [1.807, 2.05) is 42.4 Å². The van der Waals surface area contributed by atoms with E-state index in [2.05, 4.69) is 11.9 Å². The van der Waals surface area contributed by atoms with Crippen LogP contribution in [-0.4, -0.2) is 28.9 Å². The minimum atomic E-state index is 0.141. The standard InChI is InChI=1S/C17H22N2O/c1-12-7-9-13(10-8-12)19(2)17(20)15-11-18-16-6-4-3-5-14(15)16/h3-6,11-13,18H,7-10H2,1-2H3. The van der Waals surface area contributed by atoms with E-state index in [-0.39, 0.29) is 5.91 Å². The van der Waals surface area contributed by atoms with Crippen molar-refractivity contribution < 1.29 is 4.79 Å². The lowest BCUT2D eigenvalue weighted by Crippen LogP contribution is -2.39. The number of aromatic nitrogens is 1. The Balaban J connectivity index is 1.81. The van der Waals surface area contributed by atoms with Crippen molar-refractivity contribution in [3.8, 4) is 0 Å². The first kappa shape index (κ1) is 13.2. The molecule has 3 heteroatoms. The summed E-state index contributed by atoms with van der Waals surface area (Å²) >= 11 is 0. The third-order valence-electron chi connectivity index (χ3n) is 4.67. The Kier molecular flexibility index (Phi) is 3.51. The number of carbonyl (C=O) groups excluding carboxylic acids is 1. The van der Waals surface area contributed by atoms with E-state index in [1.165, 1.54) is 12.8 Å². The van der Waals surface area contributed by atoms with Gasteiger partial charge in [-0.2, -0.15) is 0 Å². The summed E-state index contributed by atoms with van der Waals surface area (Å²) in [5.74, 6) is 0.949. The van der Waals surface area contributed by atoms with Crippen molar-refractivity contribution >= 4 is 16.8 Å². The summed E-state index contributed by atoms with van der Waals surface area (Å²) in [5.41, 5.74) is 1.82. The minimum absolute atomic E-state index is 0.141. The number of rotatable bonds is 2. The average Bonchev–Trinajstić information content (AvgIpc) is 2.90. The second-order valence-corrected chi connectivity index (χ2v) is 6.08. The molecule has 3 nitrogen and oxygen atoms in total. The fraction of sp³-hybridized carbons (Fsp3) is 0.471. The van der Waals surface area contributed by atoms with Gasteiger partial charge >= 0.3 is 0 Å². The van der Waals surface area contributed by atoms with Crippen molar-refractivity contribution in [1.82, 2.24) is 9.88 Å². The molecule has 0 aliphatic heterocycles. The molecule has 1 amide bonds. The number of H-pyrrole nitrogens is 1. The summed E-state index contributed by atoms with van der Waals surface area (Å²) in [4.78, 5) is 17.8. The second kappa shape index (κ2) is 5.31. The molecule has 1 heterocycles. The lowest BCUT2D eigenvalue weighted by Gasteiger charge is -2.33. The predicted molar refractivity (Wildman–Crippen MR) is 81.8 cm³/mol. The topological polar surface area (TPSA) is 36.1 Å². The van der Waals surface area contributed by atoms with Crippen LogP contribution in [0.5, 0.6) is 0 Å². The SMILES string of the molecule is CC1CCC(N(C)C(=O)c2c[nH]c3ccccc23)CC1. The molecule has 20 heavy (non-hydrogen) atoms. The lowest BCUT2D eigenvalue weighted by molar-refractivity contribution is 0.0681. The van der Waals surface area contributed by atoms with Crippen LogP contribution in [0, 0.1) is 5.92 Å². The van der Waals surface area contributed by atoms with Crippen LogP contribution in [0.25, 0.3) is 10.9 Å². The predicted octanol–water partition coefficient (Wildman–Crippen LogP) is 3.82. The van der Waals surface area contributed by atoms with Gasteiger partial charge in [-0.05, 0) is 37.7 Å². The van der Waals surface area contributed by atoms with E-state index in [9.17, 15) is 4.79 Å². The molecule has 0 saturated heterocycles. The Bertz CT molecular complexity index is 608. The van der Waals surface area contributed by atoms with Crippen LogP contribution in [0.2, 0.25) is 0 Å². The fourth-order valence-electron chi connectivity index (χ4n) is 3.23. The van der Waals surface area contributed by atoms with Gasteiger partial charge in [0.25, 0.3) is 5.91 Å². The van der Waals surface area contributed by atoms with Gasteiger partial charge < -0.3 is 9.88 Å². The number of benzene rings is 1. The van der Waals surface area contributed by atoms with Crippen LogP contribution in [0.3, 0.4) is 0 Å². The molecular weight excluding hydrogens is 248 g/mol. The highest BCUT2D eigenvalue weighted by molar-refractivity contribution is 6.06. The fourth-order valence-corrected chi connectivity index (χ4v) is 3.23. The summed E-state index contributed by atoms with van der Waals surface area (Å²) in [6, 6.07) is 8.38. The molecule has 0 spiro atoms. The van der Waals surface area contributed by atoms with Crippen LogP contribution in [-0.2, 0) is 0 Å². The normalized spacial score (nSPS) is 22.9. The number of amides is 1. The number of nitrogens with one attached hydrogen (secondary N) is 1. The van der Waals surface area contributed by atoms with Gasteiger partial charge in [0, 0.05) is 30.2 Å². The number of hydrogen-bond acceptors (Lipinski definition) is 1. The number of para-hydroxylation sites is 1. The van der Waals surface area contributed by atoms with E-state index < -0.39 is 0 Å². The van der Waals surface area contributed by atoms with Gasteiger partial charge in [-0.3, -0.25) is 4.79 Å². The molecule has 0 bridgehead atoms. The number of aromatic amines is 1. The molecule has 1 aliphatic carbocycles. The van der Waals surface area contributed by atoms with Gasteiger partial charge in [-0.15, -0.1) is 0 Å². The number of carbonyl (C=O) groups is 1. The van der Waals surface area contributed by atoms with Crippen molar-refractivity contribution in [2.75, 3.05) is 7.05 Å². The van der Waals surface area contributed by atoms with Crippen molar-refractivity contribution in [3.63, 3.8) is 0 Å². The molecule has 1 aromatic heterocycles. The van der Waals surface area contributed by atoms with Gasteiger partial charge in [0.1, 0.15) is 0 Å². The van der Waals surface area contributed by atoms with E-state index in [0.717, 1.165) is 35.2 Å². The number of hydrogen-bond donors (Lipinski definition) is 1. The molecule has 1 N–H and O–H groups in total. The molecular formula is C17H22N2O. The summed E-state index contributed by atoms with van der Waals surface area (Å²) < 4.78 is 0. The molecule has 2 aromatic rings. The van der Waals surface area contributed by atoms with Crippen molar-refractivity contribution in [2.24, 2.45) is 5.92 Å². The van der Waals surface area contributed by atoms with Gasteiger partial charge in [0.05, 0.1) is 5.56 Å². The maximum absolute atomic E-state index is 12.7. The van der Waals surface area contributed by atoms with Crippen LogP contribution < -0.4 is 0 Å². The smallest absolute Gasteiger partial charge is 0.256 e. The molecule has 1 aliphatic rings. The monoisotopic (exact) mass is 270 g/mol. The van der Waals surface area contributed by atoms with Crippen LogP contribution in [0.1, 0.15) is 43.0 Å². The highest BCUT2D eigenvalue weighted by Gasteiger charge is 2.26. The first-order valence-corrected chi connectivity index (χ1v) is 7.50. The Morgan fingerprint density at radius 1 is 1.20 bits per heavy atom. The van der Waals surface area contributed by atoms with Gasteiger partial charge in [0.2, 0.25) is 0 Å². The Morgan fingerprint density at radius 2 is 1.90 bits per heavy atom. The molecule has 106 valence electrons. The van der Waals surface area contributed by atoms with Gasteiger partial charge in [0.15, 0.2) is 0 Å². The van der Waals surface area contributed by atoms with Crippen LogP contribution in [0.4, 0.5) is 0 Å². The van der Waals surface area contributed by atoms with Crippen molar-refractivity contribution in [3.05, 3.63) is 36.0 Å². The second-order valence-electron chi connectivity index (χ2n) is 6.08. The van der Waals surface area contributed by atoms with Gasteiger partial charge in [-0.25, -0.2) is 0 Å². The highest BCUT2D eigenvalue weighted by Crippen LogP contribution is 2.28. The summed E-state index contributed by atoms with van der Waals surface area (Å²) in [5, 5.41) is 1.02. The molecule has 0 atom stereocenters. The summed E-state index contributed by atoms with van der Waals surface area (Å²) in [6.45, 7) is 2.30. The van der Waals surface area contributed by atoms with E-state index in [4.69, 9.17) is 0 Å². The zero-order valence-electron chi connectivity index (χ0n) is 12.2. The Labute approximate surface area is 120 Å². The number of nitrogens with zero attached hydrogens (tertiary/aromatic N) is 1. The van der Waals surface area contributed by atoms with E-state index in [1.54, 1.807) is 0 Å². The average molecular weight is 270 g/mol. The molecule has 0 unspecified atom stereocenters. The molecule has 3 rings (SSSR count). The zero-order chi connectivity index (χ0) is 14.1. The first-order chi connectivity index (χ1) is 9.66. The Hall–Kier alpha value is -1.77. The molecule has 1 aromatic carbocycles. The van der Waals surface area contributed by atoms with Crippen LogP contribution >= 0.6 is 0 Å². The van der Waals surface area contributed by atoms with Gasteiger partial charge in [-0.1, -0.05) is 25.1 Å². The third-order valence-corrected chi connectivity index (χ3v) is 4.67. The summed E-state index contributed by atoms with van der Waals surface area (Å²) in [7, 11) is 1.95. The minimum Gasteiger partial charge on any atom is -0.360 e. The molecule has 0 radical (unpaired) electrons. The van der Waals surface area contributed by atoms with E-state index >= 15 is 0 Å². The number of fused-ring (bicyclic) bond motifs is 1. The Morgan fingerprint density at radius 3 is 2.65 bits per heavy atom. The van der Waals surface area contributed by atoms with E-state index in [0.29, 0.717) is 6.04 Å². The van der Waals surface area contributed by atoms with Crippen molar-refractivity contribution in [2.45, 2.75) is 38.6 Å². The summed E-state index contributed by atoms with van der Waals surface area (Å²) in [6.07, 6.45) is 6.57.